The first kappa shape index (κ1) is 17.4. The molecule has 1 N–H and O–H groups in total. The highest BCUT2D eigenvalue weighted by Gasteiger charge is 2.14. The van der Waals surface area contributed by atoms with Crippen molar-refractivity contribution in [1.82, 2.24) is 10.2 Å². The molecule has 0 aliphatic heterocycles. The van der Waals surface area contributed by atoms with Gasteiger partial charge < -0.3 is 10.2 Å². The fourth-order valence-electron chi connectivity index (χ4n) is 1.76. The Labute approximate surface area is 113 Å². The zero-order valence-electron chi connectivity index (χ0n) is 13.0. The Morgan fingerprint density at radius 3 is 1.94 bits per heavy atom. The van der Waals surface area contributed by atoms with Crippen LogP contribution in [0.2, 0.25) is 0 Å². The molecule has 18 heavy (non-hydrogen) atoms. The smallest absolute Gasteiger partial charge is 0.223 e. The van der Waals surface area contributed by atoms with Crippen LogP contribution >= 0.6 is 0 Å². The lowest BCUT2D eigenvalue weighted by Gasteiger charge is -2.24. The van der Waals surface area contributed by atoms with E-state index in [2.05, 4.69) is 39.9 Å². The fourth-order valence-corrected chi connectivity index (χ4v) is 1.76. The average Bonchev–Trinajstić information content (AvgIpc) is 2.27. The SMILES string of the molecule is CCCCN(CCCC)C(=O)CCNC(C)(C)C. The first-order valence-corrected chi connectivity index (χ1v) is 7.43. The van der Waals surface area contributed by atoms with Crippen LogP contribution in [0, 0.1) is 0 Å². The van der Waals surface area contributed by atoms with Gasteiger partial charge in [-0.25, -0.2) is 0 Å². The number of carbonyl (C=O) groups excluding carboxylic acids is 1. The molecule has 0 saturated carbocycles. The Balaban J connectivity index is 4.03. The van der Waals surface area contributed by atoms with E-state index < -0.39 is 0 Å². The third-order valence-electron chi connectivity index (χ3n) is 2.91. The average molecular weight is 256 g/mol. The largest absolute Gasteiger partial charge is 0.343 e. The molecule has 1 amide bonds. The molecule has 0 aromatic carbocycles. The van der Waals surface area contributed by atoms with Crippen LogP contribution in [0.5, 0.6) is 0 Å². The number of amides is 1. The molecule has 0 radical (unpaired) electrons. The van der Waals surface area contributed by atoms with Crippen molar-refractivity contribution in [3.05, 3.63) is 0 Å². The summed E-state index contributed by atoms with van der Waals surface area (Å²) in [6.45, 7) is 13.3. The topological polar surface area (TPSA) is 32.3 Å². The molecule has 3 heteroatoms. The van der Waals surface area contributed by atoms with Crippen molar-refractivity contribution in [2.45, 2.75) is 72.3 Å². The summed E-state index contributed by atoms with van der Waals surface area (Å²) < 4.78 is 0. The summed E-state index contributed by atoms with van der Waals surface area (Å²) in [4.78, 5) is 14.2. The highest BCUT2D eigenvalue weighted by molar-refractivity contribution is 5.76. The van der Waals surface area contributed by atoms with Gasteiger partial charge in [0.05, 0.1) is 0 Å². The first-order chi connectivity index (χ1) is 8.40. The molecular formula is C15H32N2O. The summed E-state index contributed by atoms with van der Waals surface area (Å²) in [6, 6.07) is 0. The molecule has 0 aromatic rings. The molecule has 0 bridgehead atoms. The standard InChI is InChI=1S/C15H32N2O/c1-6-8-12-17(13-9-7-2)14(18)10-11-16-15(3,4)5/h16H,6-13H2,1-5H3. The van der Waals surface area contributed by atoms with Gasteiger partial charge in [0.1, 0.15) is 0 Å². The molecule has 0 rings (SSSR count). The van der Waals surface area contributed by atoms with Crippen molar-refractivity contribution in [3.8, 4) is 0 Å². The van der Waals surface area contributed by atoms with Crippen molar-refractivity contribution in [3.63, 3.8) is 0 Å². The van der Waals surface area contributed by atoms with E-state index >= 15 is 0 Å². The number of carbonyl (C=O) groups is 1. The van der Waals surface area contributed by atoms with Crippen molar-refractivity contribution in [1.29, 1.82) is 0 Å². The van der Waals surface area contributed by atoms with Crippen LogP contribution in [0.15, 0.2) is 0 Å². The van der Waals surface area contributed by atoms with Crippen LogP contribution in [0.3, 0.4) is 0 Å². The normalized spacial score (nSPS) is 11.6. The maximum absolute atomic E-state index is 12.1. The Bertz CT molecular complexity index is 213. The number of rotatable bonds is 9. The maximum atomic E-state index is 12.1. The quantitative estimate of drug-likeness (QED) is 0.687. The highest BCUT2D eigenvalue weighted by atomic mass is 16.2. The Morgan fingerprint density at radius 2 is 1.56 bits per heavy atom. The molecule has 0 spiro atoms. The number of hydrogen-bond acceptors (Lipinski definition) is 2. The number of hydrogen-bond donors (Lipinski definition) is 1. The van der Waals surface area contributed by atoms with Gasteiger partial charge in [0.15, 0.2) is 0 Å². The summed E-state index contributed by atoms with van der Waals surface area (Å²) in [6.07, 6.45) is 5.14. The molecule has 0 saturated heterocycles. The third-order valence-corrected chi connectivity index (χ3v) is 2.91. The molecule has 3 nitrogen and oxygen atoms in total. The second-order valence-electron chi connectivity index (χ2n) is 6.01. The van der Waals surface area contributed by atoms with Crippen LogP contribution in [0.4, 0.5) is 0 Å². The van der Waals surface area contributed by atoms with Crippen molar-refractivity contribution in [2.75, 3.05) is 19.6 Å². The minimum absolute atomic E-state index is 0.0952. The number of nitrogens with zero attached hydrogens (tertiary/aromatic N) is 1. The molecule has 0 fully saturated rings. The maximum Gasteiger partial charge on any atom is 0.223 e. The molecule has 0 heterocycles. The van der Waals surface area contributed by atoms with E-state index in [1.165, 1.54) is 0 Å². The zero-order valence-corrected chi connectivity index (χ0v) is 13.0. The summed E-state index contributed by atoms with van der Waals surface area (Å²) in [5, 5.41) is 3.37. The van der Waals surface area contributed by atoms with Crippen LogP contribution in [0.25, 0.3) is 0 Å². The van der Waals surface area contributed by atoms with Crippen molar-refractivity contribution in [2.24, 2.45) is 0 Å². The lowest BCUT2D eigenvalue weighted by molar-refractivity contribution is -0.131. The van der Waals surface area contributed by atoms with Gasteiger partial charge in [-0.05, 0) is 33.6 Å². The van der Waals surface area contributed by atoms with Crippen LogP contribution in [-0.2, 0) is 4.79 Å². The number of unbranched alkanes of at least 4 members (excludes halogenated alkanes) is 2. The van der Waals surface area contributed by atoms with Crippen LogP contribution in [0.1, 0.15) is 66.7 Å². The van der Waals surface area contributed by atoms with Gasteiger partial charge >= 0.3 is 0 Å². The van der Waals surface area contributed by atoms with E-state index in [0.29, 0.717) is 12.3 Å². The van der Waals surface area contributed by atoms with E-state index in [4.69, 9.17) is 0 Å². The first-order valence-electron chi connectivity index (χ1n) is 7.43. The predicted octanol–water partition coefficient (Wildman–Crippen LogP) is 3.19. The van der Waals surface area contributed by atoms with Gasteiger partial charge in [0.25, 0.3) is 0 Å². The second-order valence-corrected chi connectivity index (χ2v) is 6.01. The summed E-state index contributed by atoms with van der Waals surface area (Å²) in [5.41, 5.74) is 0.0952. The van der Waals surface area contributed by atoms with E-state index in [1.807, 2.05) is 4.90 Å². The predicted molar refractivity (Wildman–Crippen MR) is 78.8 cm³/mol. The molecule has 0 aliphatic carbocycles. The lowest BCUT2D eigenvalue weighted by atomic mass is 10.1. The summed E-state index contributed by atoms with van der Waals surface area (Å²) in [7, 11) is 0. The fraction of sp³-hybridized carbons (Fsp3) is 0.933. The van der Waals surface area contributed by atoms with E-state index in [0.717, 1.165) is 45.3 Å². The van der Waals surface area contributed by atoms with Gasteiger partial charge in [-0.2, -0.15) is 0 Å². The zero-order chi connectivity index (χ0) is 14.0. The van der Waals surface area contributed by atoms with Crippen LogP contribution < -0.4 is 5.32 Å². The monoisotopic (exact) mass is 256 g/mol. The van der Waals surface area contributed by atoms with Crippen LogP contribution in [-0.4, -0.2) is 36.0 Å². The van der Waals surface area contributed by atoms with Crippen molar-refractivity contribution >= 4 is 5.91 Å². The molecule has 0 aliphatic rings. The summed E-state index contributed by atoms with van der Waals surface area (Å²) in [5.74, 6) is 0.300. The highest BCUT2D eigenvalue weighted by Crippen LogP contribution is 2.03. The molecule has 0 atom stereocenters. The molecule has 108 valence electrons. The van der Waals surface area contributed by atoms with Crippen molar-refractivity contribution < 1.29 is 4.79 Å². The second kappa shape index (κ2) is 9.37. The van der Waals surface area contributed by atoms with E-state index in [9.17, 15) is 4.79 Å². The van der Waals surface area contributed by atoms with E-state index in [1.54, 1.807) is 0 Å². The molecular weight excluding hydrogens is 224 g/mol. The minimum Gasteiger partial charge on any atom is -0.343 e. The summed E-state index contributed by atoms with van der Waals surface area (Å²) >= 11 is 0. The number of nitrogens with one attached hydrogen (secondary N) is 1. The van der Waals surface area contributed by atoms with Gasteiger partial charge in [-0.15, -0.1) is 0 Å². The van der Waals surface area contributed by atoms with Gasteiger partial charge in [-0.1, -0.05) is 26.7 Å². The molecule has 0 aromatic heterocycles. The van der Waals surface area contributed by atoms with Gasteiger partial charge in [0, 0.05) is 31.6 Å². The molecule has 0 unspecified atom stereocenters. The van der Waals surface area contributed by atoms with Gasteiger partial charge in [-0.3, -0.25) is 4.79 Å². The van der Waals surface area contributed by atoms with E-state index in [-0.39, 0.29) is 5.54 Å². The minimum atomic E-state index is 0.0952. The lowest BCUT2D eigenvalue weighted by Crippen LogP contribution is -2.40. The Morgan fingerprint density at radius 1 is 1.06 bits per heavy atom. The Kier molecular flexibility index (Phi) is 9.08. The Hall–Kier alpha value is -0.570. The third kappa shape index (κ3) is 9.46. The van der Waals surface area contributed by atoms with Gasteiger partial charge in [0.2, 0.25) is 5.91 Å².